The second-order valence-corrected chi connectivity index (χ2v) is 5.65. The lowest BCUT2D eigenvalue weighted by atomic mass is 9.75. The lowest BCUT2D eigenvalue weighted by molar-refractivity contribution is 0.221. The van der Waals surface area contributed by atoms with Gasteiger partial charge in [0.05, 0.1) is 5.75 Å². The van der Waals surface area contributed by atoms with Crippen molar-refractivity contribution in [2.75, 3.05) is 5.75 Å². The zero-order valence-corrected chi connectivity index (χ0v) is 10.6. The first-order valence-corrected chi connectivity index (χ1v) is 7.05. The molecular formula is C11H19N3OS. The molecule has 90 valence electrons. The van der Waals surface area contributed by atoms with E-state index in [9.17, 15) is 0 Å². The van der Waals surface area contributed by atoms with E-state index < -0.39 is 0 Å². The summed E-state index contributed by atoms with van der Waals surface area (Å²) >= 11 is 1.84. The minimum absolute atomic E-state index is 0.0691. The van der Waals surface area contributed by atoms with Gasteiger partial charge in [-0.3, -0.25) is 0 Å². The zero-order chi connectivity index (χ0) is 11.4. The maximum atomic E-state index is 6.13. The number of nitrogens with zero attached hydrogens (tertiary/aromatic N) is 2. The third-order valence-electron chi connectivity index (χ3n) is 2.94. The average molecular weight is 241 g/mol. The highest BCUT2D eigenvalue weighted by Gasteiger charge is 2.34. The molecule has 0 unspecified atom stereocenters. The van der Waals surface area contributed by atoms with Gasteiger partial charge < -0.3 is 10.3 Å². The molecule has 1 aliphatic rings. The van der Waals surface area contributed by atoms with E-state index in [1.807, 2.05) is 11.8 Å². The van der Waals surface area contributed by atoms with Gasteiger partial charge in [-0.15, -0.1) is 0 Å². The monoisotopic (exact) mass is 241 g/mol. The first kappa shape index (κ1) is 11.9. The van der Waals surface area contributed by atoms with Gasteiger partial charge in [0.25, 0.3) is 0 Å². The minimum Gasteiger partial charge on any atom is -0.339 e. The number of nitrogens with two attached hydrogens (primary N) is 1. The fourth-order valence-electron chi connectivity index (χ4n) is 1.84. The van der Waals surface area contributed by atoms with Gasteiger partial charge in [-0.05, 0) is 31.4 Å². The second kappa shape index (κ2) is 5.19. The molecule has 5 heteroatoms. The Bertz CT molecular complexity index is 336. The molecule has 0 bridgehead atoms. The van der Waals surface area contributed by atoms with E-state index >= 15 is 0 Å². The zero-order valence-electron chi connectivity index (χ0n) is 9.74. The standard InChI is InChI=1S/C11H19N3OS/c1-2-6-16-8-9-13-10(15-14-9)7-11(12)4-3-5-11/h2-8,12H2,1H3. The highest BCUT2D eigenvalue weighted by atomic mass is 32.2. The Kier molecular flexibility index (Phi) is 3.86. The SMILES string of the molecule is CCCSCc1noc(CC2(N)CCC2)n1. The number of aromatic nitrogens is 2. The van der Waals surface area contributed by atoms with Crippen molar-refractivity contribution in [1.82, 2.24) is 10.1 Å². The van der Waals surface area contributed by atoms with Crippen LogP contribution in [-0.2, 0) is 12.2 Å². The molecule has 1 saturated carbocycles. The van der Waals surface area contributed by atoms with Gasteiger partial charge >= 0.3 is 0 Å². The molecule has 0 radical (unpaired) electrons. The van der Waals surface area contributed by atoms with Gasteiger partial charge in [-0.2, -0.15) is 16.7 Å². The Morgan fingerprint density at radius 2 is 2.31 bits per heavy atom. The average Bonchev–Trinajstić information content (AvgIpc) is 2.64. The fourth-order valence-corrected chi connectivity index (χ4v) is 2.57. The number of hydrogen-bond acceptors (Lipinski definition) is 5. The predicted octanol–water partition coefficient (Wildman–Crippen LogP) is 2.14. The van der Waals surface area contributed by atoms with E-state index in [1.165, 1.54) is 12.8 Å². The van der Waals surface area contributed by atoms with Gasteiger partial charge in [0.1, 0.15) is 0 Å². The highest BCUT2D eigenvalue weighted by molar-refractivity contribution is 7.98. The van der Waals surface area contributed by atoms with E-state index in [2.05, 4.69) is 17.1 Å². The Hall–Kier alpha value is -0.550. The quantitative estimate of drug-likeness (QED) is 0.773. The lowest BCUT2D eigenvalue weighted by Crippen LogP contribution is -2.48. The number of hydrogen-bond donors (Lipinski definition) is 1. The summed E-state index contributed by atoms with van der Waals surface area (Å²) in [7, 11) is 0. The number of thioether (sulfide) groups is 1. The molecule has 16 heavy (non-hydrogen) atoms. The molecule has 0 aliphatic heterocycles. The summed E-state index contributed by atoms with van der Waals surface area (Å²) in [6, 6.07) is 0. The van der Waals surface area contributed by atoms with Crippen LogP contribution in [0.4, 0.5) is 0 Å². The van der Waals surface area contributed by atoms with Crippen molar-refractivity contribution in [3.63, 3.8) is 0 Å². The molecule has 1 aromatic heterocycles. The van der Waals surface area contributed by atoms with Crippen LogP contribution in [-0.4, -0.2) is 21.4 Å². The van der Waals surface area contributed by atoms with Crippen LogP contribution in [0.2, 0.25) is 0 Å². The van der Waals surface area contributed by atoms with Crippen LogP contribution >= 0.6 is 11.8 Å². The first-order valence-electron chi connectivity index (χ1n) is 5.90. The molecule has 0 atom stereocenters. The van der Waals surface area contributed by atoms with Gasteiger partial charge in [-0.1, -0.05) is 12.1 Å². The van der Waals surface area contributed by atoms with Crippen molar-refractivity contribution in [3.8, 4) is 0 Å². The lowest BCUT2D eigenvalue weighted by Gasteiger charge is -2.36. The molecule has 1 aliphatic carbocycles. The Balaban J connectivity index is 1.82. The highest BCUT2D eigenvalue weighted by Crippen LogP contribution is 2.31. The number of rotatable bonds is 6. The smallest absolute Gasteiger partial charge is 0.228 e. The van der Waals surface area contributed by atoms with Crippen molar-refractivity contribution in [1.29, 1.82) is 0 Å². The minimum atomic E-state index is -0.0691. The Morgan fingerprint density at radius 3 is 2.94 bits per heavy atom. The predicted molar refractivity (Wildman–Crippen MR) is 65.2 cm³/mol. The van der Waals surface area contributed by atoms with Crippen molar-refractivity contribution < 1.29 is 4.52 Å². The first-order chi connectivity index (χ1) is 7.72. The molecule has 0 saturated heterocycles. The van der Waals surface area contributed by atoms with Crippen LogP contribution in [0.25, 0.3) is 0 Å². The summed E-state index contributed by atoms with van der Waals surface area (Å²) in [5.41, 5.74) is 6.06. The van der Waals surface area contributed by atoms with Crippen molar-refractivity contribution in [2.24, 2.45) is 5.73 Å². The molecule has 4 nitrogen and oxygen atoms in total. The molecule has 0 aromatic carbocycles. The van der Waals surface area contributed by atoms with Crippen LogP contribution in [0, 0.1) is 0 Å². The van der Waals surface area contributed by atoms with Gasteiger partial charge in [0.2, 0.25) is 5.89 Å². The van der Waals surface area contributed by atoms with Crippen LogP contribution in [0.5, 0.6) is 0 Å². The van der Waals surface area contributed by atoms with Gasteiger partial charge in [-0.25, -0.2) is 0 Å². The summed E-state index contributed by atoms with van der Waals surface area (Å²) in [5.74, 6) is 3.49. The summed E-state index contributed by atoms with van der Waals surface area (Å²) in [4.78, 5) is 4.37. The summed E-state index contributed by atoms with van der Waals surface area (Å²) in [6.45, 7) is 2.17. The summed E-state index contributed by atoms with van der Waals surface area (Å²) < 4.78 is 5.21. The largest absolute Gasteiger partial charge is 0.339 e. The molecule has 1 heterocycles. The van der Waals surface area contributed by atoms with E-state index in [0.29, 0.717) is 5.89 Å². The van der Waals surface area contributed by atoms with Gasteiger partial charge in [0, 0.05) is 12.0 Å². The van der Waals surface area contributed by atoms with Crippen LogP contribution in [0.15, 0.2) is 4.52 Å². The maximum Gasteiger partial charge on any atom is 0.228 e. The summed E-state index contributed by atoms with van der Waals surface area (Å²) in [5, 5.41) is 3.97. The van der Waals surface area contributed by atoms with Crippen LogP contribution in [0.1, 0.15) is 44.3 Å². The molecule has 0 amide bonds. The van der Waals surface area contributed by atoms with E-state index in [0.717, 1.165) is 36.6 Å². The summed E-state index contributed by atoms with van der Waals surface area (Å²) in [6.07, 6.45) is 5.30. The molecule has 1 fully saturated rings. The Morgan fingerprint density at radius 1 is 1.50 bits per heavy atom. The fraction of sp³-hybridized carbons (Fsp3) is 0.818. The normalized spacial score (nSPS) is 18.4. The van der Waals surface area contributed by atoms with Crippen LogP contribution < -0.4 is 5.73 Å². The van der Waals surface area contributed by atoms with Crippen molar-refractivity contribution in [3.05, 3.63) is 11.7 Å². The third kappa shape index (κ3) is 2.98. The van der Waals surface area contributed by atoms with E-state index in [-0.39, 0.29) is 5.54 Å². The molecule has 0 spiro atoms. The van der Waals surface area contributed by atoms with E-state index in [4.69, 9.17) is 10.3 Å². The molecule has 1 aromatic rings. The van der Waals surface area contributed by atoms with Gasteiger partial charge in [0.15, 0.2) is 5.82 Å². The maximum absolute atomic E-state index is 6.13. The molecular weight excluding hydrogens is 222 g/mol. The van der Waals surface area contributed by atoms with Crippen LogP contribution in [0.3, 0.4) is 0 Å². The van der Waals surface area contributed by atoms with E-state index in [1.54, 1.807) is 0 Å². The second-order valence-electron chi connectivity index (χ2n) is 4.55. The molecule has 2 N–H and O–H groups in total. The topological polar surface area (TPSA) is 64.9 Å². The Labute approximate surface area is 100 Å². The third-order valence-corrected chi connectivity index (χ3v) is 4.10. The molecule has 2 rings (SSSR count). The van der Waals surface area contributed by atoms with Crippen molar-refractivity contribution in [2.45, 2.75) is 50.3 Å². The van der Waals surface area contributed by atoms with Crippen molar-refractivity contribution >= 4 is 11.8 Å².